The van der Waals surface area contributed by atoms with E-state index in [2.05, 4.69) is 27.8 Å². The van der Waals surface area contributed by atoms with Gasteiger partial charge in [0.1, 0.15) is 5.82 Å². The predicted molar refractivity (Wildman–Crippen MR) is 98.5 cm³/mol. The fraction of sp³-hybridized carbons (Fsp3) is 0.444. The van der Waals surface area contributed by atoms with Crippen LogP contribution >= 0.6 is 11.8 Å². The molecule has 0 unspecified atom stereocenters. The lowest BCUT2D eigenvalue weighted by atomic mass is 9.86. The van der Waals surface area contributed by atoms with Crippen LogP contribution in [0.2, 0.25) is 0 Å². The number of nitrogens with one attached hydrogen (secondary N) is 2. The highest BCUT2D eigenvalue weighted by molar-refractivity contribution is 7.99. The van der Waals surface area contributed by atoms with Gasteiger partial charge in [-0.2, -0.15) is 0 Å². The molecule has 0 bridgehead atoms. The number of carbonyl (C=O) groups excluding carboxylic acids is 2. The van der Waals surface area contributed by atoms with Crippen LogP contribution in [0.25, 0.3) is 11.5 Å². The summed E-state index contributed by atoms with van der Waals surface area (Å²) >= 11 is 0.984. The monoisotopic (exact) mass is 392 g/mol. The van der Waals surface area contributed by atoms with Crippen molar-refractivity contribution >= 4 is 23.7 Å². The first-order chi connectivity index (χ1) is 13.0. The molecule has 3 rings (SSSR count). The Bertz CT molecular complexity index is 813. The Morgan fingerprint density at radius 3 is 2.81 bits per heavy atom. The van der Waals surface area contributed by atoms with Gasteiger partial charge in [0.15, 0.2) is 0 Å². The van der Waals surface area contributed by atoms with E-state index in [0.717, 1.165) is 31.0 Å². The lowest BCUT2D eigenvalue weighted by molar-refractivity contribution is -0.117. The molecule has 0 aliphatic heterocycles. The van der Waals surface area contributed by atoms with E-state index >= 15 is 0 Å². The van der Waals surface area contributed by atoms with Crippen molar-refractivity contribution in [2.24, 2.45) is 5.92 Å². The summed E-state index contributed by atoms with van der Waals surface area (Å²) in [5.74, 6) is -0.549. The maximum absolute atomic E-state index is 13.7. The highest BCUT2D eigenvalue weighted by Gasteiger charge is 2.23. The predicted octanol–water partition coefficient (Wildman–Crippen LogP) is 3.37. The molecule has 1 aromatic carbocycles. The van der Waals surface area contributed by atoms with Crippen molar-refractivity contribution in [3.05, 3.63) is 30.1 Å². The molecule has 2 N–H and O–H groups in total. The van der Waals surface area contributed by atoms with Crippen LogP contribution in [0.1, 0.15) is 32.6 Å². The highest BCUT2D eigenvalue weighted by Crippen LogP contribution is 2.25. The Balaban J connectivity index is 1.47. The second-order valence-electron chi connectivity index (χ2n) is 6.53. The highest BCUT2D eigenvalue weighted by atomic mass is 32.2. The van der Waals surface area contributed by atoms with Gasteiger partial charge in [-0.25, -0.2) is 9.18 Å². The van der Waals surface area contributed by atoms with Crippen LogP contribution in [0.5, 0.6) is 0 Å². The van der Waals surface area contributed by atoms with Gasteiger partial charge in [0.25, 0.3) is 11.1 Å². The first-order valence-electron chi connectivity index (χ1n) is 8.84. The standard InChI is InChI=1S/C18H21FN4O3S/c1-11-6-2-5-9-14(11)20-17(25)21-15(24)10-27-18-23-22-16(26-18)12-7-3-4-8-13(12)19/h3-4,7-8,11,14H,2,5-6,9-10H2,1H3,(H2,20,21,24,25)/t11-,14+/m0/s1. The van der Waals surface area contributed by atoms with E-state index in [0.29, 0.717) is 5.92 Å². The average Bonchev–Trinajstić information content (AvgIpc) is 3.11. The number of urea groups is 1. The number of amides is 3. The van der Waals surface area contributed by atoms with Crippen molar-refractivity contribution < 1.29 is 18.4 Å². The van der Waals surface area contributed by atoms with Crippen LogP contribution in [-0.4, -0.2) is 33.9 Å². The van der Waals surface area contributed by atoms with E-state index in [1.807, 2.05) is 0 Å². The van der Waals surface area contributed by atoms with Gasteiger partial charge in [0.05, 0.1) is 11.3 Å². The molecule has 2 aromatic rings. The number of carbonyl (C=O) groups is 2. The smallest absolute Gasteiger partial charge is 0.321 e. The summed E-state index contributed by atoms with van der Waals surface area (Å²) in [7, 11) is 0. The van der Waals surface area contributed by atoms with Crippen molar-refractivity contribution in [3.63, 3.8) is 0 Å². The molecule has 7 nitrogen and oxygen atoms in total. The Morgan fingerprint density at radius 2 is 2.04 bits per heavy atom. The molecule has 0 radical (unpaired) electrons. The van der Waals surface area contributed by atoms with Gasteiger partial charge in [-0.15, -0.1) is 10.2 Å². The minimum atomic E-state index is -0.489. The number of hydrogen-bond acceptors (Lipinski definition) is 6. The summed E-state index contributed by atoms with van der Waals surface area (Å²) in [6.45, 7) is 2.10. The Morgan fingerprint density at radius 1 is 1.26 bits per heavy atom. The number of benzene rings is 1. The molecule has 2 atom stereocenters. The molecule has 1 aliphatic carbocycles. The second kappa shape index (κ2) is 8.98. The van der Waals surface area contributed by atoms with Crippen LogP contribution in [-0.2, 0) is 4.79 Å². The largest absolute Gasteiger partial charge is 0.411 e. The maximum atomic E-state index is 13.7. The summed E-state index contributed by atoms with van der Waals surface area (Å²) in [6.07, 6.45) is 4.27. The van der Waals surface area contributed by atoms with Gasteiger partial charge in [-0.3, -0.25) is 10.1 Å². The SMILES string of the molecule is C[C@H]1CCCC[C@H]1NC(=O)NC(=O)CSc1nnc(-c2ccccc2F)o1. The number of nitrogens with zero attached hydrogens (tertiary/aromatic N) is 2. The van der Waals surface area contributed by atoms with Crippen LogP contribution in [0.15, 0.2) is 33.9 Å². The van der Waals surface area contributed by atoms with Gasteiger partial charge in [-0.1, -0.05) is 43.7 Å². The normalized spacial score (nSPS) is 19.5. The van der Waals surface area contributed by atoms with Crippen molar-refractivity contribution in [1.29, 1.82) is 0 Å². The average molecular weight is 392 g/mol. The maximum Gasteiger partial charge on any atom is 0.321 e. The van der Waals surface area contributed by atoms with Crippen LogP contribution in [0, 0.1) is 11.7 Å². The topological polar surface area (TPSA) is 97.1 Å². The zero-order valence-corrected chi connectivity index (χ0v) is 15.7. The molecule has 9 heteroatoms. The van der Waals surface area contributed by atoms with Gasteiger partial charge in [-0.05, 0) is 30.9 Å². The number of imide groups is 1. The van der Waals surface area contributed by atoms with Crippen LogP contribution < -0.4 is 10.6 Å². The molecule has 0 saturated heterocycles. The molecule has 1 saturated carbocycles. The number of hydrogen-bond donors (Lipinski definition) is 2. The lowest BCUT2D eigenvalue weighted by Crippen LogP contribution is -2.48. The molecule has 27 heavy (non-hydrogen) atoms. The third-order valence-electron chi connectivity index (χ3n) is 4.52. The van der Waals surface area contributed by atoms with Gasteiger partial charge in [0, 0.05) is 6.04 Å². The van der Waals surface area contributed by atoms with Crippen LogP contribution in [0.3, 0.4) is 0 Å². The van der Waals surface area contributed by atoms with E-state index in [1.165, 1.54) is 18.6 Å². The molecule has 0 spiro atoms. The molecule has 1 heterocycles. The summed E-state index contributed by atoms with van der Waals surface area (Å²) in [4.78, 5) is 23.9. The first-order valence-corrected chi connectivity index (χ1v) is 9.83. The summed E-state index contributed by atoms with van der Waals surface area (Å²) < 4.78 is 19.1. The van der Waals surface area contributed by atoms with Crippen molar-refractivity contribution in [2.45, 2.75) is 43.9 Å². The molecule has 3 amide bonds. The van der Waals surface area contributed by atoms with E-state index < -0.39 is 17.8 Å². The zero-order valence-electron chi connectivity index (χ0n) is 14.9. The molecular formula is C18H21FN4O3S. The number of halogens is 1. The lowest BCUT2D eigenvalue weighted by Gasteiger charge is -2.29. The third kappa shape index (κ3) is 5.29. The Kier molecular flexibility index (Phi) is 6.44. The summed E-state index contributed by atoms with van der Waals surface area (Å²) in [6, 6.07) is 5.66. The van der Waals surface area contributed by atoms with Gasteiger partial charge in [0.2, 0.25) is 5.91 Å². The van der Waals surface area contributed by atoms with Crippen molar-refractivity contribution in [1.82, 2.24) is 20.8 Å². The first kappa shape index (κ1) is 19.3. The summed E-state index contributed by atoms with van der Waals surface area (Å²) in [5, 5.41) is 12.9. The van der Waals surface area contributed by atoms with E-state index in [1.54, 1.807) is 12.1 Å². The second-order valence-corrected chi connectivity index (χ2v) is 7.46. The zero-order chi connectivity index (χ0) is 19.2. The van der Waals surface area contributed by atoms with Crippen molar-refractivity contribution in [2.75, 3.05) is 5.75 Å². The van der Waals surface area contributed by atoms with Gasteiger partial charge < -0.3 is 9.73 Å². The number of thioether (sulfide) groups is 1. The molecule has 1 fully saturated rings. The van der Waals surface area contributed by atoms with Crippen LogP contribution in [0.4, 0.5) is 9.18 Å². The third-order valence-corrected chi connectivity index (χ3v) is 5.34. The number of rotatable bonds is 5. The minimum Gasteiger partial charge on any atom is -0.411 e. The van der Waals surface area contributed by atoms with Crippen molar-refractivity contribution in [3.8, 4) is 11.5 Å². The van der Waals surface area contributed by atoms with E-state index in [4.69, 9.17) is 4.42 Å². The minimum absolute atomic E-state index is 0.0417. The Hall–Kier alpha value is -2.42. The molecule has 1 aromatic heterocycles. The number of aromatic nitrogens is 2. The fourth-order valence-corrected chi connectivity index (χ4v) is 3.60. The molecule has 1 aliphatic rings. The fourth-order valence-electron chi connectivity index (χ4n) is 3.04. The molecular weight excluding hydrogens is 371 g/mol. The summed E-state index contributed by atoms with van der Waals surface area (Å²) in [5.41, 5.74) is 0.197. The van der Waals surface area contributed by atoms with E-state index in [9.17, 15) is 14.0 Å². The van der Waals surface area contributed by atoms with E-state index in [-0.39, 0.29) is 28.5 Å². The quantitative estimate of drug-likeness (QED) is 0.757. The van der Waals surface area contributed by atoms with Gasteiger partial charge >= 0.3 is 6.03 Å². The molecule has 144 valence electrons. The Labute approximate surface area is 160 Å².